The molecule has 0 aliphatic rings. The molecule has 0 amide bonds. The number of rotatable bonds is 2. The van der Waals surface area contributed by atoms with Crippen LogP contribution >= 0.6 is 0 Å². The number of ether oxygens (including phenoxy) is 1. The van der Waals surface area contributed by atoms with Gasteiger partial charge < -0.3 is 15.9 Å². The fourth-order valence-electron chi connectivity index (χ4n) is 0.691. The highest BCUT2D eigenvalue weighted by Crippen LogP contribution is 2.24. The van der Waals surface area contributed by atoms with Gasteiger partial charge in [-0.05, 0) is 0 Å². The zero-order valence-corrected chi connectivity index (χ0v) is 6.03. The lowest BCUT2D eigenvalue weighted by atomic mass is 10.5. The van der Waals surface area contributed by atoms with Crippen molar-refractivity contribution in [2.24, 2.45) is 5.84 Å². The van der Waals surface area contributed by atoms with Crippen LogP contribution in [0, 0.1) is 0 Å². The van der Waals surface area contributed by atoms with Crippen molar-refractivity contribution >= 4 is 11.6 Å². The van der Waals surface area contributed by atoms with E-state index >= 15 is 0 Å². The fourth-order valence-corrected chi connectivity index (χ4v) is 0.691. The molecule has 60 valence electrons. The Morgan fingerprint density at radius 2 is 2.27 bits per heavy atom. The number of nitrogen functional groups attached to an aromatic ring is 2. The van der Waals surface area contributed by atoms with Gasteiger partial charge in [0, 0.05) is 0 Å². The van der Waals surface area contributed by atoms with E-state index < -0.39 is 0 Å². The van der Waals surface area contributed by atoms with E-state index in [2.05, 4.69) is 15.4 Å². The normalized spacial score (nSPS) is 9.27. The molecule has 0 saturated heterocycles. The van der Waals surface area contributed by atoms with E-state index in [0.29, 0.717) is 11.6 Å². The second kappa shape index (κ2) is 3.02. The van der Waals surface area contributed by atoms with E-state index in [-0.39, 0.29) is 5.82 Å². The minimum absolute atomic E-state index is 0.260. The Hall–Kier alpha value is -1.56. The van der Waals surface area contributed by atoms with Crippen LogP contribution in [0.15, 0.2) is 6.33 Å². The molecule has 1 aromatic heterocycles. The molecule has 0 aliphatic carbocycles. The van der Waals surface area contributed by atoms with Crippen molar-refractivity contribution in [3.63, 3.8) is 0 Å². The summed E-state index contributed by atoms with van der Waals surface area (Å²) in [4.78, 5) is 7.48. The average molecular weight is 155 g/mol. The second-order valence-corrected chi connectivity index (χ2v) is 1.79. The number of hydrogen-bond donors (Lipinski definition) is 3. The highest BCUT2D eigenvalue weighted by atomic mass is 16.5. The third-order valence-electron chi connectivity index (χ3n) is 1.17. The third-order valence-corrected chi connectivity index (χ3v) is 1.17. The minimum atomic E-state index is 0.260. The van der Waals surface area contributed by atoms with E-state index in [1.165, 1.54) is 13.4 Å². The first-order valence-corrected chi connectivity index (χ1v) is 2.90. The lowest BCUT2D eigenvalue weighted by molar-refractivity contribution is 0.415. The highest BCUT2D eigenvalue weighted by Gasteiger charge is 2.06. The Morgan fingerprint density at radius 1 is 1.55 bits per heavy atom. The number of nitrogens with zero attached hydrogens (tertiary/aromatic N) is 2. The van der Waals surface area contributed by atoms with Crippen LogP contribution in [0.5, 0.6) is 5.75 Å². The van der Waals surface area contributed by atoms with Crippen molar-refractivity contribution < 1.29 is 4.74 Å². The predicted molar refractivity (Wildman–Crippen MR) is 40.8 cm³/mol. The van der Waals surface area contributed by atoms with Crippen LogP contribution in [0.2, 0.25) is 0 Å². The van der Waals surface area contributed by atoms with Gasteiger partial charge in [0.05, 0.1) is 7.11 Å². The predicted octanol–water partition coefficient (Wildman–Crippen LogP) is -0.647. The Balaban J connectivity index is 3.13. The summed E-state index contributed by atoms with van der Waals surface area (Å²) in [5, 5.41) is 0. The van der Waals surface area contributed by atoms with Gasteiger partial charge in [-0.25, -0.2) is 15.8 Å². The first-order valence-electron chi connectivity index (χ1n) is 2.90. The topological polar surface area (TPSA) is 99.1 Å². The van der Waals surface area contributed by atoms with Gasteiger partial charge in [0.15, 0.2) is 11.6 Å². The van der Waals surface area contributed by atoms with Gasteiger partial charge in [0.1, 0.15) is 6.33 Å². The van der Waals surface area contributed by atoms with Crippen molar-refractivity contribution in [3.05, 3.63) is 6.33 Å². The number of methoxy groups -OCH3 is 1. The van der Waals surface area contributed by atoms with Crippen molar-refractivity contribution in [2.75, 3.05) is 18.3 Å². The van der Waals surface area contributed by atoms with Gasteiger partial charge in [0.2, 0.25) is 5.75 Å². The lowest BCUT2D eigenvalue weighted by Crippen LogP contribution is -2.11. The quantitative estimate of drug-likeness (QED) is 0.388. The number of hydrazine groups is 1. The number of anilines is 2. The van der Waals surface area contributed by atoms with Crippen LogP contribution in [0.25, 0.3) is 0 Å². The van der Waals surface area contributed by atoms with E-state index in [0.717, 1.165) is 0 Å². The minimum Gasteiger partial charge on any atom is -0.490 e. The number of nitrogens with two attached hydrogens (primary N) is 2. The Bertz CT molecular complexity index is 251. The fraction of sp³-hybridized carbons (Fsp3) is 0.200. The lowest BCUT2D eigenvalue weighted by Gasteiger charge is -2.06. The molecule has 6 nitrogen and oxygen atoms in total. The van der Waals surface area contributed by atoms with Crippen LogP contribution < -0.4 is 21.7 Å². The Kier molecular flexibility index (Phi) is 2.07. The van der Waals surface area contributed by atoms with Crippen molar-refractivity contribution in [1.29, 1.82) is 0 Å². The van der Waals surface area contributed by atoms with E-state index in [4.69, 9.17) is 16.3 Å². The number of aromatic nitrogens is 2. The molecule has 0 aromatic carbocycles. The summed E-state index contributed by atoms with van der Waals surface area (Å²) in [6.45, 7) is 0. The summed E-state index contributed by atoms with van der Waals surface area (Å²) >= 11 is 0. The molecule has 0 spiro atoms. The van der Waals surface area contributed by atoms with Crippen molar-refractivity contribution in [1.82, 2.24) is 9.97 Å². The maximum atomic E-state index is 5.44. The number of hydrogen-bond acceptors (Lipinski definition) is 6. The summed E-state index contributed by atoms with van der Waals surface area (Å²) in [7, 11) is 1.47. The maximum absolute atomic E-state index is 5.44. The molecular formula is C5H9N5O. The van der Waals surface area contributed by atoms with Crippen molar-refractivity contribution in [3.8, 4) is 5.75 Å². The molecule has 0 unspecified atom stereocenters. The molecule has 1 rings (SSSR count). The molecule has 5 N–H and O–H groups in total. The van der Waals surface area contributed by atoms with Gasteiger partial charge in [0.25, 0.3) is 0 Å². The second-order valence-electron chi connectivity index (χ2n) is 1.79. The van der Waals surface area contributed by atoms with Crippen LogP contribution in [0.4, 0.5) is 11.6 Å². The first kappa shape index (κ1) is 7.55. The van der Waals surface area contributed by atoms with Crippen LogP contribution in [0.1, 0.15) is 0 Å². The molecule has 0 fully saturated rings. The molecule has 0 radical (unpaired) electrons. The molecule has 0 aliphatic heterocycles. The molecular weight excluding hydrogens is 146 g/mol. The molecule has 1 heterocycles. The maximum Gasteiger partial charge on any atom is 0.205 e. The van der Waals surface area contributed by atoms with Crippen LogP contribution in [-0.4, -0.2) is 17.1 Å². The van der Waals surface area contributed by atoms with Crippen LogP contribution in [0.3, 0.4) is 0 Å². The molecule has 0 bridgehead atoms. The monoisotopic (exact) mass is 155 g/mol. The number of nitrogens with one attached hydrogen (secondary N) is 1. The molecule has 0 saturated carbocycles. The zero-order chi connectivity index (χ0) is 8.27. The summed E-state index contributed by atoms with van der Waals surface area (Å²) in [6, 6.07) is 0. The van der Waals surface area contributed by atoms with Gasteiger partial charge in [-0.2, -0.15) is 0 Å². The smallest absolute Gasteiger partial charge is 0.205 e. The zero-order valence-electron chi connectivity index (χ0n) is 6.03. The highest BCUT2D eigenvalue weighted by molar-refractivity contribution is 5.60. The summed E-state index contributed by atoms with van der Waals surface area (Å²) in [6.07, 6.45) is 1.30. The van der Waals surface area contributed by atoms with Gasteiger partial charge in [-0.3, -0.25) is 0 Å². The molecule has 0 atom stereocenters. The van der Waals surface area contributed by atoms with Crippen molar-refractivity contribution in [2.45, 2.75) is 0 Å². The van der Waals surface area contributed by atoms with Gasteiger partial charge in [-0.15, -0.1) is 0 Å². The SMILES string of the molecule is COc1c(N)ncnc1NN. The third kappa shape index (κ3) is 1.30. The molecule has 1 aromatic rings. The molecule has 11 heavy (non-hydrogen) atoms. The average Bonchev–Trinajstić information content (AvgIpc) is 2.04. The van der Waals surface area contributed by atoms with Gasteiger partial charge in [-0.1, -0.05) is 0 Å². The first-order chi connectivity index (χ1) is 5.29. The van der Waals surface area contributed by atoms with E-state index in [1.54, 1.807) is 0 Å². The van der Waals surface area contributed by atoms with E-state index in [1.807, 2.05) is 0 Å². The van der Waals surface area contributed by atoms with E-state index in [9.17, 15) is 0 Å². The largest absolute Gasteiger partial charge is 0.490 e. The summed E-state index contributed by atoms with van der Waals surface area (Å²) < 4.78 is 4.87. The summed E-state index contributed by atoms with van der Waals surface area (Å²) in [5.74, 6) is 6.11. The van der Waals surface area contributed by atoms with Gasteiger partial charge >= 0.3 is 0 Å². The molecule has 6 heteroatoms. The van der Waals surface area contributed by atoms with Crippen LogP contribution in [-0.2, 0) is 0 Å². The Morgan fingerprint density at radius 3 is 2.73 bits per heavy atom. The Labute approximate surface area is 63.5 Å². The standard InChI is InChI=1S/C5H9N5O/c1-11-3-4(6)8-2-9-5(3)10-7/h2H,7H2,1H3,(H3,6,8,9,10). The summed E-state index contributed by atoms with van der Waals surface area (Å²) in [5.41, 5.74) is 7.77.